The third-order valence-electron chi connectivity index (χ3n) is 4.93. The Bertz CT molecular complexity index is 720. The van der Waals surface area contributed by atoms with Crippen LogP contribution >= 0.6 is 0 Å². The Morgan fingerprint density at radius 3 is 2.75 bits per heavy atom. The van der Waals surface area contributed by atoms with Gasteiger partial charge in [0.2, 0.25) is 0 Å². The Morgan fingerprint density at radius 2 is 2.11 bits per heavy atom. The van der Waals surface area contributed by atoms with E-state index in [0.29, 0.717) is 35.7 Å². The molecule has 152 valence electrons. The summed E-state index contributed by atoms with van der Waals surface area (Å²) < 4.78 is 14.6. The van der Waals surface area contributed by atoms with Gasteiger partial charge in [-0.15, -0.1) is 0 Å². The van der Waals surface area contributed by atoms with E-state index in [1.165, 1.54) is 0 Å². The number of likely N-dealkylation sites (tertiary alicyclic amines) is 1. The molecule has 1 aliphatic heterocycles. The molecule has 0 spiro atoms. The summed E-state index contributed by atoms with van der Waals surface area (Å²) in [6.45, 7) is 12.9. The number of allylic oxidation sites excluding steroid dienone is 1. The number of benzene rings is 1. The summed E-state index contributed by atoms with van der Waals surface area (Å²) in [5.74, 6) is 0.481. The van der Waals surface area contributed by atoms with Gasteiger partial charge >= 0.3 is 0 Å². The lowest BCUT2D eigenvalue weighted by molar-refractivity contribution is 0.141. The third-order valence-corrected chi connectivity index (χ3v) is 4.93. The summed E-state index contributed by atoms with van der Waals surface area (Å²) in [7, 11) is 2.13. The molecule has 6 heteroatoms. The molecule has 0 atom stereocenters. The van der Waals surface area contributed by atoms with E-state index in [2.05, 4.69) is 45.5 Å². The lowest BCUT2D eigenvalue weighted by Crippen LogP contribution is -2.45. The first-order valence-electron chi connectivity index (χ1n) is 9.91. The van der Waals surface area contributed by atoms with Crippen molar-refractivity contribution in [1.82, 2.24) is 9.80 Å². The molecule has 0 unspecified atom stereocenters. The molecular formula is C22H32FN5. The molecule has 1 heterocycles. The van der Waals surface area contributed by atoms with Gasteiger partial charge in [0.1, 0.15) is 5.82 Å². The average molecular weight is 386 g/mol. The molecule has 0 aliphatic carbocycles. The molecule has 0 amide bonds. The second-order valence-electron chi connectivity index (χ2n) is 7.16. The van der Waals surface area contributed by atoms with Crippen LogP contribution in [0.15, 0.2) is 39.4 Å². The van der Waals surface area contributed by atoms with Crippen LogP contribution in [0.3, 0.4) is 0 Å². The van der Waals surface area contributed by atoms with Crippen LogP contribution in [0.2, 0.25) is 0 Å². The minimum atomic E-state index is -0.215. The zero-order chi connectivity index (χ0) is 20.4. The normalized spacial score (nSPS) is 16.4. The van der Waals surface area contributed by atoms with Crippen molar-refractivity contribution in [2.24, 2.45) is 20.9 Å². The number of aryl methyl sites for hydroxylation is 1. The molecule has 1 aromatic rings. The minimum Gasteiger partial charge on any atom is -0.306 e. The Hall–Kier alpha value is -2.18. The quantitative estimate of drug-likeness (QED) is 0.548. The van der Waals surface area contributed by atoms with Gasteiger partial charge in [-0.3, -0.25) is 19.9 Å². The van der Waals surface area contributed by atoms with Gasteiger partial charge in [0, 0.05) is 61.9 Å². The second kappa shape index (κ2) is 11.6. The van der Waals surface area contributed by atoms with Gasteiger partial charge in [-0.05, 0) is 32.3 Å². The van der Waals surface area contributed by atoms with Crippen LogP contribution in [0, 0.1) is 11.7 Å². The lowest BCUT2D eigenvalue weighted by atomic mass is 10.0. The molecule has 2 rings (SSSR count). The molecule has 1 fully saturated rings. The first-order valence-corrected chi connectivity index (χ1v) is 9.91. The van der Waals surface area contributed by atoms with E-state index in [0.717, 1.165) is 32.7 Å². The molecule has 5 nitrogen and oxygen atoms in total. The summed E-state index contributed by atoms with van der Waals surface area (Å²) in [5, 5.41) is 0. The second-order valence-corrected chi connectivity index (χ2v) is 7.16. The van der Waals surface area contributed by atoms with Crippen LogP contribution in [0.25, 0.3) is 5.57 Å². The van der Waals surface area contributed by atoms with E-state index in [-0.39, 0.29) is 5.82 Å². The Morgan fingerprint density at radius 1 is 1.32 bits per heavy atom. The van der Waals surface area contributed by atoms with Crippen LogP contribution < -0.4 is 0 Å². The fourth-order valence-corrected chi connectivity index (χ4v) is 3.23. The molecular weight excluding hydrogens is 353 g/mol. The van der Waals surface area contributed by atoms with E-state index in [4.69, 9.17) is 0 Å². The van der Waals surface area contributed by atoms with Crippen molar-refractivity contribution in [2.45, 2.75) is 20.3 Å². The van der Waals surface area contributed by atoms with Crippen LogP contribution in [0.4, 0.5) is 4.39 Å². The lowest BCUT2D eigenvalue weighted by Gasteiger charge is -2.35. The predicted octanol–water partition coefficient (Wildman–Crippen LogP) is 3.41. The first-order chi connectivity index (χ1) is 13.6. The van der Waals surface area contributed by atoms with Crippen molar-refractivity contribution in [3.63, 3.8) is 0 Å². The van der Waals surface area contributed by atoms with Crippen molar-refractivity contribution >= 4 is 24.7 Å². The van der Waals surface area contributed by atoms with E-state index in [1.807, 2.05) is 19.2 Å². The number of hydrogen-bond acceptors (Lipinski definition) is 5. The maximum Gasteiger partial charge on any atom is 0.134 e. The zero-order valence-corrected chi connectivity index (χ0v) is 17.3. The maximum atomic E-state index is 14.6. The van der Waals surface area contributed by atoms with Gasteiger partial charge in [0.15, 0.2) is 0 Å². The van der Waals surface area contributed by atoms with Gasteiger partial charge in [-0.1, -0.05) is 32.0 Å². The fraction of sp³-hybridized carbons (Fsp3) is 0.500. The average Bonchev–Trinajstić information content (AvgIpc) is 2.67. The zero-order valence-electron chi connectivity index (χ0n) is 17.3. The summed E-state index contributed by atoms with van der Waals surface area (Å²) in [6, 6.07) is 5.41. The molecule has 28 heavy (non-hydrogen) atoms. The number of nitrogens with zero attached hydrogens (tertiary/aromatic N) is 5. The highest BCUT2D eigenvalue weighted by Gasteiger charge is 2.21. The molecule has 0 saturated carbocycles. The number of halogens is 1. The van der Waals surface area contributed by atoms with E-state index < -0.39 is 0 Å². The van der Waals surface area contributed by atoms with Crippen LogP contribution in [0.1, 0.15) is 25.0 Å². The number of hydrogen-bond donors (Lipinski definition) is 0. The van der Waals surface area contributed by atoms with Crippen LogP contribution in [-0.4, -0.2) is 75.4 Å². The van der Waals surface area contributed by atoms with Crippen molar-refractivity contribution in [1.29, 1.82) is 0 Å². The summed E-state index contributed by atoms with van der Waals surface area (Å²) >= 11 is 0. The molecule has 1 saturated heterocycles. The standard InChI is InChI=1S/C22H32FN5/c1-5-19-8-7-9-21(22(19)23)20(13-24-3)14-26-17-28(6-2)11-10-25-12-18-15-27(4)16-18/h7-10,13-14,18H,3,5-6,11-12,15-17H2,1-2,4H3/b20-13+,25-10?,26-14?. The molecule has 0 aromatic heterocycles. The van der Waals surface area contributed by atoms with Gasteiger partial charge in [-0.25, -0.2) is 4.39 Å². The van der Waals surface area contributed by atoms with Crippen LogP contribution in [-0.2, 0) is 6.42 Å². The number of aliphatic imine (C=N–C) groups is 3. The van der Waals surface area contributed by atoms with Crippen molar-refractivity contribution in [3.05, 3.63) is 41.3 Å². The minimum absolute atomic E-state index is 0.215. The van der Waals surface area contributed by atoms with Gasteiger partial charge in [-0.2, -0.15) is 0 Å². The highest BCUT2D eigenvalue weighted by atomic mass is 19.1. The molecule has 0 bridgehead atoms. The van der Waals surface area contributed by atoms with Crippen molar-refractivity contribution in [3.8, 4) is 0 Å². The molecule has 0 radical (unpaired) electrons. The van der Waals surface area contributed by atoms with Crippen LogP contribution in [0.5, 0.6) is 0 Å². The van der Waals surface area contributed by atoms with Gasteiger partial charge in [0.25, 0.3) is 0 Å². The summed E-state index contributed by atoms with van der Waals surface area (Å²) in [5.41, 5.74) is 1.82. The van der Waals surface area contributed by atoms with Gasteiger partial charge in [0.05, 0.1) is 6.67 Å². The highest BCUT2D eigenvalue weighted by Crippen LogP contribution is 2.20. The SMILES string of the molecule is C=N/C=C(\C=NCN(CC)CC=NCC1CN(C)C1)c1cccc(CC)c1F. The predicted molar refractivity (Wildman–Crippen MR) is 118 cm³/mol. The Kier molecular flexibility index (Phi) is 9.17. The highest BCUT2D eigenvalue weighted by molar-refractivity contribution is 6.09. The molecule has 1 aromatic carbocycles. The third kappa shape index (κ3) is 6.46. The Balaban J connectivity index is 1.92. The molecule has 1 aliphatic rings. The fourth-order valence-electron chi connectivity index (χ4n) is 3.23. The largest absolute Gasteiger partial charge is 0.306 e. The van der Waals surface area contributed by atoms with Crippen molar-refractivity contribution < 1.29 is 4.39 Å². The van der Waals surface area contributed by atoms with Gasteiger partial charge < -0.3 is 4.90 Å². The topological polar surface area (TPSA) is 43.6 Å². The monoisotopic (exact) mass is 385 g/mol. The van der Waals surface area contributed by atoms with E-state index >= 15 is 0 Å². The summed E-state index contributed by atoms with van der Waals surface area (Å²) in [6.07, 6.45) is 5.85. The first kappa shape index (κ1) is 22.1. The van der Waals surface area contributed by atoms with E-state index in [9.17, 15) is 4.39 Å². The Labute approximate surface area is 168 Å². The number of rotatable bonds is 11. The van der Waals surface area contributed by atoms with Crippen molar-refractivity contribution in [2.75, 3.05) is 46.4 Å². The molecule has 0 N–H and O–H groups in total. The summed E-state index contributed by atoms with van der Waals surface area (Å²) in [4.78, 5) is 17.3. The van der Waals surface area contributed by atoms with E-state index in [1.54, 1.807) is 24.5 Å². The maximum absolute atomic E-state index is 14.6. The smallest absolute Gasteiger partial charge is 0.134 e.